The Morgan fingerprint density at radius 2 is 2.11 bits per heavy atom. The van der Waals surface area contributed by atoms with Crippen LogP contribution in [0.4, 0.5) is 0 Å². The lowest BCUT2D eigenvalue weighted by Crippen LogP contribution is -2.38. The molecule has 1 aliphatic heterocycles. The highest BCUT2D eigenvalue weighted by molar-refractivity contribution is 7.91. The summed E-state index contributed by atoms with van der Waals surface area (Å²) in [6.45, 7) is 4.71. The molecule has 2 N–H and O–H groups in total. The van der Waals surface area contributed by atoms with Crippen LogP contribution in [0, 0.1) is 11.3 Å². The van der Waals surface area contributed by atoms with E-state index in [9.17, 15) is 13.2 Å². The maximum atomic E-state index is 11.8. The van der Waals surface area contributed by atoms with Crippen LogP contribution in [0.1, 0.15) is 33.1 Å². The van der Waals surface area contributed by atoms with Gasteiger partial charge in [-0.2, -0.15) is 0 Å². The predicted molar refractivity (Wildman–Crippen MR) is 69.9 cm³/mol. The smallest absolute Gasteiger partial charge is 0.224 e. The first kappa shape index (κ1) is 15.4. The Morgan fingerprint density at radius 3 is 2.61 bits per heavy atom. The van der Waals surface area contributed by atoms with Gasteiger partial charge in [0.05, 0.1) is 17.4 Å². The Bertz CT molecular complexity index is 389. The molecule has 5 nitrogen and oxygen atoms in total. The molecule has 1 fully saturated rings. The van der Waals surface area contributed by atoms with Gasteiger partial charge < -0.3 is 10.4 Å². The Morgan fingerprint density at radius 1 is 1.44 bits per heavy atom. The van der Waals surface area contributed by atoms with E-state index in [-0.39, 0.29) is 35.4 Å². The zero-order valence-corrected chi connectivity index (χ0v) is 11.9. The summed E-state index contributed by atoms with van der Waals surface area (Å²) < 4.78 is 22.6. The second kappa shape index (κ2) is 6.02. The van der Waals surface area contributed by atoms with Crippen molar-refractivity contribution >= 4 is 15.7 Å². The normalized spacial score (nSPS) is 22.9. The van der Waals surface area contributed by atoms with Gasteiger partial charge in [-0.3, -0.25) is 4.79 Å². The molecule has 18 heavy (non-hydrogen) atoms. The van der Waals surface area contributed by atoms with Crippen LogP contribution in [0.15, 0.2) is 0 Å². The predicted octanol–water partition coefficient (Wildman–Crippen LogP) is 0.336. The van der Waals surface area contributed by atoms with Crippen LogP contribution in [-0.4, -0.2) is 44.1 Å². The van der Waals surface area contributed by atoms with E-state index in [1.165, 1.54) is 0 Å². The molecule has 1 aliphatic rings. The van der Waals surface area contributed by atoms with Gasteiger partial charge >= 0.3 is 0 Å². The molecular formula is C12H23NO4S. The summed E-state index contributed by atoms with van der Waals surface area (Å²) in [7, 11) is -3.00. The Balaban J connectivity index is 2.37. The highest BCUT2D eigenvalue weighted by atomic mass is 32.2. The van der Waals surface area contributed by atoms with E-state index < -0.39 is 9.84 Å². The van der Waals surface area contributed by atoms with E-state index in [0.717, 1.165) is 6.42 Å². The Hall–Kier alpha value is -0.620. The van der Waals surface area contributed by atoms with E-state index in [0.29, 0.717) is 19.4 Å². The number of sulfone groups is 1. The SMILES string of the molecule is CC(C)(CCCO)CNC(=O)C1CCS(=O)(=O)C1. The lowest BCUT2D eigenvalue weighted by Gasteiger charge is -2.25. The van der Waals surface area contributed by atoms with E-state index in [4.69, 9.17) is 5.11 Å². The van der Waals surface area contributed by atoms with Crippen LogP contribution in [0.2, 0.25) is 0 Å². The van der Waals surface area contributed by atoms with Crippen molar-refractivity contribution in [2.75, 3.05) is 24.7 Å². The van der Waals surface area contributed by atoms with Gasteiger partial charge in [-0.25, -0.2) is 8.42 Å². The molecule has 1 unspecified atom stereocenters. The van der Waals surface area contributed by atoms with Crippen molar-refractivity contribution in [2.45, 2.75) is 33.1 Å². The van der Waals surface area contributed by atoms with Gasteiger partial charge in [0, 0.05) is 13.2 Å². The molecule has 1 saturated heterocycles. The molecular weight excluding hydrogens is 254 g/mol. The minimum absolute atomic E-state index is 0.0180. The molecule has 0 radical (unpaired) electrons. The van der Waals surface area contributed by atoms with Crippen molar-refractivity contribution in [3.8, 4) is 0 Å². The fraction of sp³-hybridized carbons (Fsp3) is 0.917. The summed E-state index contributed by atoms with van der Waals surface area (Å²) in [5, 5.41) is 11.6. The van der Waals surface area contributed by atoms with Crippen LogP contribution in [-0.2, 0) is 14.6 Å². The van der Waals surface area contributed by atoms with E-state index in [1.54, 1.807) is 0 Å². The largest absolute Gasteiger partial charge is 0.396 e. The molecule has 0 bridgehead atoms. The molecule has 1 rings (SSSR count). The molecule has 0 aromatic rings. The van der Waals surface area contributed by atoms with Crippen molar-refractivity contribution in [3.05, 3.63) is 0 Å². The van der Waals surface area contributed by atoms with Crippen molar-refractivity contribution in [2.24, 2.45) is 11.3 Å². The fourth-order valence-corrected chi connectivity index (χ4v) is 3.86. The molecule has 6 heteroatoms. The van der Waals surface area contributed by atoms with Crippen LogP contribution in [0.3, 0.4) is 0 Å². The average Bonchev–Trinajstić information content (AvgIpc) is 2.64. The molecule has 0 aromatic heterocycles. The van der Waals surface area contributed by atoms with Crippen molar-refractivity contribution < 1.29 is 18.3 Å². The van der Waals surface area contributed by atoms with E-state index in [1.807, 2.05) is 13.8 Å². The highest BCUT2D eigenvalue weighted by Gasteiger charge is 2.33. The number of carbonyl (C=O) groups excluding carboxylic acids is 1. The quantitative estimate of drug-likeness (QED) is 0.733. The van der Waals surface area contributed by atoms with Crippen LogP contribution >= 0.6 is 0 Å². The second-order valence-corrected chi connectivity index (χ2v) is 8.04. The van der Waals surface area contributed by atoms with Crippen molar-refractivity contribution in [3.63, 3.8) is 0 Å². The fourth-order valence-electron chi connectivity index (χ4n) is 2.12. The Labute approximate surface area is 109 Å². The summed E-state index contributed by atoms with van der Waals surface area (Å²) in [5.41, 5.74) is -0.0735. The van der Waals surface area contributed by atoms with Gasteiger partial charge in [-0.15, -0.1) is 0 Å². The monoisotopic (exact) mass is 277 g/mol. The molecule has 1 heterocycles. The number of amides is 1. The lowest BCUT2D eigenvalue weighted by atomic mass is 9.87. The number of rotatable bonds is 6. The van der Waals surface area contributed by atoms with Gasteiger partial charge in [-0.05, 0) is 24.7 Å². The second-order valence-electron chi connectivity index (χ2n) is 5.81. The van der Waals surface area contributed by atoms with Gasteiger partial charge in [0.25, 0.3) is 0 Å². The zero-order valence-electron chi connectivity index (χ0n) is 11.1. The van der Waals surface area contributed by atoms with Crippen molar-refractivity contribution in [1.82, 2.24) is 5.32 Å². The molecule has 106 valence electrons. The van der Waals surface area contributed by atoms with Gasteiger partial charge in [0.15, 0.2) is 9.84 Å². The Kier molecular flexibility index (Phi) is 5.16. The number of carbonyl (C=O) groups is 1. The third-order valence-electron chi connectivity index (χ3n) is 3.36. The minimum Gasteiger partial charge on any atom is -0.396 e. The number of hydrogen-bond acceptors (Lipinski definition) is 4. The van der Waals surface area contributed by atoms with Gasteiger partial charge in [0.1, 0.15) is 0 Å². The molecule has 0 aliphatic carbocycles. The molecule has 0 spiro atoms. The summed E-state index contributed by atoms with van der Waals surface area (Å²) in [5.74, 6) is -0.439. The molecule has 1 atom stereocenters. The molecule has 0 saturated carbocycles. The summed E-state index contributed by atoms with van der Waals surface area (Å²) in [6, 6.07) is 0. The maximum absolute atomic E-state index is 11.8. The zero-order chi connectivity index (χ0) is 13.8. The lowest BCUT2D eigenvalue weighted by molar-refractivity contribution is -0.124. The summed E-state index contributed by atoms with van der Waals surface area (Å²) >= 11 is 0. The summed E-state index contributed by atoms with van der Waals surface area (Å²) in [4.78, 5) is 11.8. The van der Waals surface area contributed by atoms with Crippen LogP contribution in [0.5, 0.6) is 0 Å². The van der Waals surface area contributed by atoms with Crippen LogP contribution in [0.25, 0.3) is 0 Å². The van der Waals surface area contributed by atoms with Crippen LogP contribution < -0.4 is 5.32 Å². The van der Waals surface area contributed by atoms with Gasteiger partial charge in [0.2, 0.25) is 5.91 Å². The van der Waals surface area contributed by atoms with E-state index >= 15 is 0 Å². The first-order valence-electron chi connectivity index (χ1n) is 6.35. The first-order valence-corrected chi connectivity index (χ1v) is 8.17. The number of hydrogen-bond donors (Lipinski definition) is 2. The van der Waals surface area contributed by atoms with Gasteiger partial charge in [-0.1, -0.05) is 13.8 Å². The van der Waals surface area contributed by atoms with Crippen molar-refractivity contribution in [1.29, 1.82) is 0 Å². The first-order chi connectivity index (χ1) is 8.26. The summed E-state index contributed by atoms with van der Waals surface area (Å²) in [6.07, 6.45) is 1.97. The standard InChI is InChI=1S/C12H23NO4S/c1-12(2,5-3-6-14)9-13-11(15)10-4-7-18(16,17)8-10/h10,14H,3-9H2,1-2H3,(H,13,15). The third kappa shape index (κ3) is 4.94. The number of nitrogens with one attached hydrogen (secondary N) is 1. The third-order valence-corrected chi connectivity index (χ3v) is 5.12. The molecule has 1 amide bonds. The number of aliphatic hydroxyl groups excluding tert-OH is 1. The highest BCUT2D eigenvalue weighted by Crippen LogP contribution is 2.22. The average molecular weight is 277 g/mol. The minimum atomic E-state index is -3.00. The maximum Gasteiger partial charge on any atom is 0.224 e. The molecule has 0 aromatic carbocycles. The topological polar surface area (TPSA) is 83.5 Å². The van der Waals surface area contributed by atoms with E-state index in [2.05, 4.69) is 5.32 Å². The number of aliphatic hydroxyl groups is 1.